The number of carbonyl (C=O) groups excluding carboxylic acids is 1. The van der Waals surface area contributed by atoms with Crippen molar-refractivity contribution in [3.8, 4) is 11.1 Å². The topological polar surface area (TPSA) is 95.8 Å². The molecular weight excluding hydrogens is 574 g/mol. The van der Waals surface area contributed by atoms with Gasteiger partial charge < -0.3 is 25.1 Å². The van der Waals surface area contributed by atoms with Gasteiger partial charge in [0.15, 0.2) is 5.82 Å². The molecule has 2 aromatic carbocycles. The summed E-state index contributed by atoms with van der Waals surface area (Å²) in [5.41, 5.74) is 1.72. The number of halogens is 3. The Kier molecular flexibility index (Phi) is 8.45. The van der Waals surface area contributed by atoms with Gasteiger partial charge in [0.25, 0.3) is 0 Å². The van der Waals surface area contributed by atoms with Crippen molar-refractivity contribution in [3.05, 3.63) is 82.7 Å². The van der Waals surface area contributed by atoms with Gasteiger partial charge in [0.1, 0.15) is 11.7 Å². The molecule has 0 aliphatic carbocycles. The third-order valence-corrected chi connectivity index (χ3v) is 8.64. The number of aromatic nitrogens is 1. The van der Waals surface area contributed by atoms with E-state index in [-0.39, 0.29) is 51.2 Å². The van der Waals surface area contributed by atoms with Gasteiger partial charge in [-0.2, -0.15) is 0 Å². The van der Waals surface area contributed by atoms with E-state index in [1.54, 1.807) is 44.1 Å². The number of amides is 1. The van der Waals surface area contributed by atoms with E-state index in [0.717, 1.165) is 0 Å². The zero-order valence-electron chi connectivity index (χ0n) is 24.6. The van der Waals surface area contributed by atoms with Gasteiger partial charge >= 0.3 is 0 Å². The molecule has 3 aromatic rings. The molecule has 0 saturated carbocycles. The van der Waals surface area contributed by atoms with Gasteiger partial charge in [-0.25, -0.2) is 8.78 Å². The van der Waals surface area contributed by atoms with E-state index < -0.39 is 17.7 Å². The van der Waals surface area contributed by atoms with Crippen molar-refractivity contribution in [2.75, 3.05) is 36.9 Å². The lowest BCUT2D eigenvalue weighted by molar-refractivity contribution is -0.129. The fraction of sp³-hybridized carbons (Fsp3) is 0.344. The van der Waals surface area contributed by atoms with E-state index in [1.165, 1.54) is 24.3 Å². The average Bonchev–Trinajstić information content (AvgIpc) is 2.97. The van der Waals surface area contributed by atoms with Gasteiger partial charge in [-0.05, 0) is 51.0 Å². The van der Waals surface area contributed by atoms with Crippen molar-refractivity contribution in [2.45, 2.75) is 45.4 Å². The number of nitrogens with one attached hydrogen (secondary N) is 2. The highest BCUT2D eigenvalue weighted by atomic mass is 35.5. The van der Waals surface area contributed by atoms with Crippen molar-refractivity contribution in [1.29, 1.82) is 5.41 Å². The molecule has 3 N–H and O–H groups in total. The number of aliphatic hydroxyl groups excluding tert-OH is 1. The van der Waals surface area contributed by atoms with E-state index in [9.17, 15) is 15.3 Å². The van der Waals surface area contributed by atoms with E-state index in [0.29, 0.717) is 48.7 Å². The largest absolute Gasteiger partial charge is 0.387 e. The normalized spacial score (nSPS) is 19.3. The molecule has 3 unspecified atom stereocenters. The van der Waals surface area contributed by atoms with Crippen LogP contribution in [0.1, 0.15) is 43.2 Å². The number of hydrogen-bond donors (Lipinski definition) is 3. The minimum absolute atomic E-state index is 0.0133. The monoisotopic (exact) mass is 608 g/mol. The number of aliphatic hydroxyl groups is 1. The minimum Gasteiger partial charge on any atom is -0.387 e. The van der Waals surface area contributed by atoms with Crippen LogP contribution in [0.5, 0.6) is 0 Å². The number of aryl methyl sites for hydroxylation is 1. The summed E-state index contributed by atoms with van der Waals surface area (Å²) in [5, 5.41) is 23.2. The molecule has 3 heterocycles. The molecule has 1 saturated heterocycles. The van der Waals surface area contributed by atoms with Crippen LogP contribution in [0.2, 0.25) is 5.02 Å². The number of anilines is 3. The van der Waals surface area contributed by atoms with Crippen LogP contribution in [-0.2, 0) is 4.79 Å². The van der Waals surface area contributed by atoms with Crippen LogP contribution in [-0.4, -0.2) is 70.4 Å². The van der Waals surface area contributed by atoms with Gasteiger partial charge in [-0.15, -0.1) is 0 Å². The molecule has 2 aliphatic rings. The lowest BCUT2D eigenvalue weighted by Gasteiger charge is -2.49. The Morgan fingerprint density at radius 1 is 1.23 bits per heavy atom. The number of carbonyl (C=O) groups is 1. The summed E-state index contributed by atoms with van der Waals surface area (Å²) in [5.74, 6) is -1.64. The van der Waals surface area contributed by atoms with Crippen molar-refractivity contribution in [3.63, 3.8) is 0 Å². The van der Waals surface area contributed by atoms with E-state index in [2.05, 4.69) is 16.9 Å². The molecule has 0 spiro atoms. The third kappa shape index (κ3) is 5.34. The Hall–Kier alpha value is -4.02. The summed E-state index contributed by atoms with van der Waals surface area (Å²) >= 11 is 7.00. The van der Waals surface area contributed by atoms with E-state index in [1.807, 2.05) is 16.7 Å². The van der Waals surface area contributed by atoms with Crippen LogP contribution in [0.3, 0.4) is 0 Å². The van der Waals surface area contributed by atoms with Crippen LogP contribution < -0.4 is 10.2 Å². The van der Waals surface area contributed by atoms with Gasteiger partial charge in [-0.1, -0.05) is 36.4 Å². The number of pyridine rings is 1. The first-order valence-electron chi connectivity index (χ1n) is 14.2. The standard InChI is InChI=1S/C32H35ClF2N6O2/c1-6-23(43)40-15-18(3)41-20(16-40)12-14-39(5)31-25(32(41)36)30(38-28-17(2)11-13-37-29(28)19(4)42)27(35)24(26(31)33)21-9-7-8-10-22(21)34/h6-11,13,18-20,36,38,42H,1,12,14-16H2,2-5H3. The molecule has 8 nitrogen and oxygen atoms in total. The smallest absolute Gasteiger partial charge is 0.246 e. The first-order chi connectivity index (χ1) is 20.5. The lowest BCUT2D eigenvalue weighted by atomic mass is 9.93. The molecule has 5 rings (SSSR count). The molecule has 1 fully saturated rings. The number of benzene rings is 2. The second-order valence-corrected chi connectivity index (χ2v) is 11.6. The Morgan fingerprint density at radius 3 is 2.63 bits per heavy atom. The van der Waals surface area contributed by atoms with Crippen molar-refractivity contribution < 1.29 is 18.7 Å². The van der Waals surface area contributed by atoms with Crippen LogP contribution in [0.25, 0.3) is 11.1 Å². The zero-order chi connectivity index (χ0) is 31.2. The summed E-state index contributed by atoms with van der Waals surface area (Å²) < 4.78 is 32.2. The van der Waals surface area contributed by atoms with Gasteiger partial charge in [0.05, 0.1) is 45.5 Å². The van der Waals surface area contributed by atoms with E-state index in [4.69, 9.17) is 11.6 Å². The van der Waals surface area contributed by atoms with Crippen LogP contribution in [0.15, 0.2) is 49.2 Å². The predicted molar refractivity (Wildman–Crippen MR) is 166 cm³/mol. The highest BCUT2D eigenvalue weighted by Crippen LogP contribution is 2.48. The molecule has 43 heavy (non-hydrogen) atoms. The van der Waals surface area contributed by atoms with Crippen LogP contribution >= 0.6 is 11.6 Å². The zero-order valence-corrected chi connectivity index (χ0v) is 25.3. The Bertz CT molecular complexity index is 1610. The van der Waals surface area contributed by atoms with Gasteiger partial charge in [-0.3, -0.25) is 15.2 Å². The molecule has 1 amide bonds. The highest BCUT2D eigenvalue weighted by Gasteiger charge is 2.40. The van der Waals surface area contributed by atoms with Crippen molar-refractivity contribution >= 4 is 40.4 Å². The fourth-order valence-corrected chi connectivity index (χ4v) is 6.60. The quantitative estimate of drug-likeness (QED) is 0.306. The van der Waals surface area contributed by atoms with Crippen LogP contribution in [0.4, 0.5) is 25.8 Å². The summed E-state index contributed by atoms with van der Waals surface area (Å²) in [7, 11) is 1.80. The number of hydrogen-bond acceptors (Lipinski definition) is 6. The number of fused-ring (bicyclic) bond motifs is 2. The summed E-state index contributed by atoms with van der Waals surface area (Å²) in [6.45, 7) is 10.1. The number of nitrogens with zero attached hydrogens (tertiary/aromatic N) is 4. The predicted octanol–water partition coefficient (Wildman–Crippen LogP) is 6.04. The molecule has 226 valence electrons. The molecule has 0 radical (unpaired) electrons. The molecule has 11 heteroatoms. The second kappa shape index (κ2) is 11.9. The number of piperazine rings is 1. The van der Waals surface area contributed by atoms with Crippen molar-refractivity contribution in [2.24, 2.45) is 0 Å². The molecule has 3 atom stereocenters. The molecule has 1 aromatic heterocycles. The third-order valence-electron chi connectivity index (χ3n) is 8.28. The number of amidine groups is 1. The van der Waals surface area contributed by atoms with Gasteiger partial charge in [0.2, 0.25) is 5.91 Å². The second-order valence-electron chi connectivity index (χ2n) is 11.2. The van der Waals surface area contributed by atoms with E-state index >= 15 is 8.78 Å². The first-order valence-corrected chi connectivity index (χ1v) is 14.5. The Balaban J connectivity index is 1.79. The molecule has 2 aliphatic heterocycles. The Morgan fingerprint density at radius 2 is 1.95 bits per heavy atom. The Labute approximate surface area is 255 Å². The maximum absolute atomic E-state index is 17.0. The number of rotatable bonds is 5. The fourth-order valence-electron chi connectivity index (χ4n) is 6.18. The summed E-state index contributed by atoms with van der Waals surface area (Å²) in [6.07, 6.45) is 2.45. The summed E-state index contributed by atoms with van der Waals surface area (Å²) in [4.78, 5) is 22.3. The van der Waals surface area contributed by atoms with Crippen molar-refractivity contribution in [1.82, 2.24) is 14.8 Å². The SMILES string of the molecule is C=CC(=O)N1CC(C)N2C(=N)c3c(Nc4c(C)ccnc4C(C)O)c(F)c(-c4ccccc4F)c(Cl)c3N(C)CCC2C1. The van der Waals surface area contributed by atoms with Gasteiger partial charge in [0, 0.05) is 50.0 Å². The average molecular weight is 609 g/mol. The summed E-state index contributed by atoms with van der Waals surface area (Å²) in [6, 6.07) is 7.06. The first kappa shape index (κ1) is 30.4. The highest BCUT2D eigenvalue weighted by molar-refractivity contribution is 6.37. The minimum atomic E-state index is -0.979. The van der Waals surface area contributed by atoms with Crippen LogP contribution in [0, 0.1) is 24.0 Å². The maximum Gasteiger partial charge on any atom is 0.246 e. The molecule has 0 bridgehead atoms. The lowest BCUT2D eigenvalue weighted by Crippen LogP contribution is -2.61. The molecular formula is C32H35ClF2N6O2. The maximum atomic E-state index is 17.0.